The fourth-order valence-electron chi connectivity index (χ4n) is 3.36. The molecule has 2 aromatic rings. The van der Waals surface area contributed by atoms with Crippen LogP contribution in [0, 0.1) is 0 Å². The first kappa shape index (κ1) is 13.9. The molecule has 2 heterocycles. The maximum atomic E-state index is 5.70. The standard InChI is InChI=1S/C17H22N4O/c1-20-17(18-12-19-20)16-11-22-9-8-21(16)10-14-4-2-3-5-15(14)13-6-7-13/h2-5,12-13,16H,6-11H2,1H3. The van der Waals surface area contributed by atoms with Gasteiger partial charge >= 0.3 is 0 Å². The van der Waals surface area contributed by atoms with Crippen LogP contribution in [0.2, 0.25) is 0 Å². The lowest BCUT2D eigenvalue weighted by Crippen LogP contribution is -2.40. The summed E-state index contributed by atoms with van der Waals surface area (Å²) in [5.41, 5.74) is 2.99. The Bertz CT molecular complexity index is 650. The number of aromatic nitrogens is 3. The molecule has 4 rings (SSSR count). The smallest absolute Gasteiger partial charge is 0.146 e. The first-order chi connectivity index (χ1) is 10.8. The van der Waals surface area contributed by atoms with Crippen molar-refractivity contribution in [1.29, 1.82) is 0 Å². The maximum Gasteiger partial charge on any atom is 0.146 e. The Kier molecular flexibility index (Phi) is 3.68. The van der Waals surface area contributed by atoms with Crippen molar-refractivity contribution in [3.63, 3.8) is 0 Å². The van der Waals surface area contributed by atoms with E-state index in [1.165, 1.54) is 24.0 Å². The molecular formula is C17H22N4O. The van der Waals surface area contributed by atoms with E-state index in [0.29, 0.717) is 6.61 Å². The number of aryl methyl sites for hydroxylation is 1. The highest BCUT2D eigenvalue weighted by molar-refractivity contribution is 5.33. The number of ether oxygens (including phenoxy) is 1. The van der Waals surface area contributed by atoms with E-state index >= 15 is 0 Å². The molecular weight excluding hydrogens is 276 g/mol. The molecule has 1 atom stereocenters. The molecule has 0 spiro atoms. The first-order valence-electron chi connectivity index (χ1n) is 8.06. The van der Waals surface area contributed by atoms with Crippen molar-refractivity contribution in [3.8, 4) is 0 Å². The van der Waals surface area contributed by atoms with Crippen LogP contribution in [0.15, 0.2) is 30.6 Å². The van der Waals surface area contributed by atoms with E-state index in [1.54, 1.807) is 6.33 Å². The molecule has 0 amide bonds. The van der Waals surface area contributed by atoms with Crippen LogP contribution in [0.4, 0.5) is 0 Å². The molecule has 1 aromatic heterocycles. The molecule has 1 saturated carbocycles. The molecule has 0 bridgehead atoms. The molecule has 116 valence electrons. The van der Waals surface area contributed by atoms with Gasteiger partial charge < -0.3 is 4.74 Å². The van der Waals surface area contributed by atoms with Gasteiger partial charge in [-0.3, -0.25) is 9.58 Å². The molecule has 1 aliphatic heterocycles. The van der Waals surface area contributed by atoms with Crippen LogP contribution >= 0.6 is 0 Å². The zero-order valence-corrected chi connectivity index (χ0v) is 13.0. The number of benzene rings is 1. The third-order valence-electron chi connectivity index (χ3n) is 4.73. The highest BCUT2D eigenvalue weighted by Gasteiger charge is 2.30. The lowest BCUT2D eigenvalue weighted by atomic mass is 10.0. The van der Waals surface area contributed by atoms with E-state index < -0.39 is 0 Å². The zero-order valence-electron chi connectivity index (χ0n) is 13.0. The molecule has 2 aliphatic rings. The quantitative estimate of drug-likeness (QED) is 0.868. The SMILES string of the molecule is Cn1ncnc1C1COCCN1Cc1ccccc1C1CC1. The van der Waals surface area contributed by atoms with Crippen LogP contribution in [0.5, 0.6) is 0 Å². The van der Waals surface area contributed by atoms with Gasteiger partial charge in [-0.15, -0.1) is 0 Å². The van der Waals surface area contributed by atoms with Crippen molar-refractivity contribution < 1.29 is 4.74 Å². The van der Waals surface area contributed by atoms with Gasteiger partial charge in [0, 0.05) is 20.1 Å². The molecule has 0 radical (unpaired) electrons. The summed E-state index contributed by atoms with van der Waals surface area (Å²) in [6, 6.07) is 9.07. The number of hydrogen-bond acceptors (Lipinski definition) is 4. The summed E-state index contributed by atoms with van der Waals surface area (Å²) < 4.78 is 7.56. The number of nitrogens with zero attached hydrogens (tertiary/aromatic N) is 4. The second-order valence-corrected chi connectivity index (χ2v) is 6.28. The van der Waals surface area contributed by atoms with Crippen LogP contribution in [0.3, 0.4) is 0 Å². The zero-order chi connectivity index (χ0) is 14.9. The molecule has 22 heavy (non-hydrogen) atoms. The number of morpholine rings is 1. The minimum Gasteiger partial charge on any atom is -0.378 e. The average molecular weight is 298 g/mol. The monoisotopic (exact) mass is 298 g/mol. The van der Waals surface area contributed by atoms with E-state index in [4.69, 9.17) is 4.74 Å². The summed E-state index contributed by atoms with van der Waals surface area (Å²) >= 11 is 0. The third kappa shape index (κ3) is 2.66. The Morgan fingerprint density at radius 3 is 2.91 bits per heavy atom. The molecule has 5 nitrogen and oxygen atoms in total. The van der Waals surface area contributed by atoms with Gasteiger partial charge in [0.1, 0.15) is 12.2 Å². The lowest BCUT2D eigenvalue weighted by molar-refractivity contribution is -0.0172. The predicted octanol–water partition coefficient (Wildman–Crippen LogP) is 2.27. The Morgan fingerprint density at radius 1 is 1.27 bits per heavy atom. The maximum absolute atomic E-state index is 5.70. The second kappa shape index (κ2) is 5.82. The number of rotatable bonds is 4. The van der Waals surface area contributed by atoms with Crippen molar-refractivity contribution in [1.82, 2.24) is 19.7 Å². The summed E-state index contributed by atoms with van der Waals surface area (Å²) in [5, 5.41) is 4.21. The van der Waals surface area contributed by atoms with Gasteiger partial charge in [0.15, 0.2) is 0 Å². The minimum absolute atomic E-state index is 0.188. The van der Waals surface area contributed by atoms with Gasteiger partial charge in [0.2, 0.25) is 0 Å². The first-order valence-corrected chi connectivity index (χ1v) is 8.06. The summed E-state index contributed by atoms with van der Waals surface area (Å²) in [4.78, 5) is 6.91. The van der Waals surface area contributed by atoms with Gasteiger partial charge in [0.25, 0.3) is 0 Å². The van der Waals surface area contributed by atoms with E-state index in [2.05, 4.69) is 39.2 Å². The predicted molar refractivity (Wildman–Crippen MR) is 83.4 cm³/mol. The molecule has 0 N–H and O–H groups in total. The van der Waals surface area contributed by atoms with E-state index in [-0.39, 0.29) is 6.04 Å². The summed E-state index contributed by atoms with van der Waals surface area (Å²) in [6.07, 6.45) is 4.31. The van der Waals surface area contributed by atoms with Crippen molar-refractivity contribution in [3.05, 3.63) is 47.5 Å². The summed E-state index contributed by atoms with van der Waals surface area (Å²) in [7, 11) is 1.95. The van der Waals surface area contributed by atoms with Gasteiger partial charge in [-0.05, 0) is 29.9 Å². The minimum atomic E-state index is 0.188. The topological polar surface area (TPSA) is 43.2 Å². The lowest BCUT2D eigenvalue weighted by Gasteiger charge is -2.35. The van der Waals surface area contributed by atoms with Crippen LogP contribution in [-0.4, -0.2) is 39.4 Å². The van der Waals surface area contributed by atoms with Crippen LogP contribution < -0.4 is 0 Å². The van der Waals surface area contributed by atoms with Crippen LogP contribution in [0.1, 0.15) is 41.8 Å². The summed E-state index contributed by atoms with van der Waals surface area (Å²) in [5.74, 6) is 1.77. The van der Waals surface area contributed by atoms with Gasteiger partial charge in [-0.2, -0.15) is 5.10 Å². The highest BCUT2D eigenvalue weighted by atomic mass is 16.5. The van der Waals surface area contributed by atoms with Gasteiger partial charge in [-0.1, -0.05) is 24.3 Å². The fraction of sp³-hybridized carbons (Fsp3) is 0.529. The van der Waals surface area contributed by atoms with Crippen LogP contribution in [-0.2, 0) is 18.3 Å². The second-order valence-electron chi connectivity index (χ2n) is 6.28. The van der Waals surface area contributed by atoms with E-state index in [9.17, 15) is 0 Å². The largest absolute Gasteiger partial charge is 0.378 e. The normalized spacial score (nSPS) is 22.9. The molecule has 2 fully saturated rings. The van der Waals surface area contributed by atoms with Gasteiger partial charge in [0.05, 0.1) is 19.3 Å². The van der Waals surface area contributed by atoms with Crippen molar-refractivity contribution in [2.75, 3.05) is 19.8 Å². The van der Waals surface area contributed by atoms with Gasteiger partial charge in [-0.25, -0.2) is 4.98 Å². The molecule has 1 saturated heterocycles. The van der Waals surface area contributed by atoms with Crippen molar-refractivity contribution in [2.45, 2.75) is 31.3 Å². The Hall–Kier alpha value is -1.72. The average Bonchev–Trinajstić information content (AvgIpc) is 3.30. The Labute approximate surface area is 130 Å². The van der Waals surface area contributed by atoms with Crippen LogP contribution in [0.25, 0.3) is 0 Å². The molecule has 1 aliphatic carbocycles. The third-order valence-corrected chi connectivity index (χ3v) is 4.73. The Morgan fingerprint density at radius 2 is 2.14 bits per heavy atom. The van der Waals surface area contributed by atoms with Crippen molar-refractivity contribution in [2.24, 2.45) is 7.05 Å². The fourth-order valence-corrected chi connectivity index (χ4v) is 3.36. The van der Waals surface area contributed by atoms with E-state index in [1.807, 2.05) is 11.7 Å². The molecule has 5 heteroatoms. The number of hydrogen-bond donors (Lipinski definition) is 0. The summed E-state index contributed by atoms with van der Waals surface area (Å²) in [6.45, 7) is 3.39. The highest BCUT2D eigenvalue weighted by Crippen LogP contribution is 2.42. The Balaban J connectivity index is 1.59. The van der Waals surface area contributed by atoms with E-state index in [0.717, 1.165) is 31.4 Å². The molecule has 1 aromatic carbocycles. The van der Waals surface area contributed by atoms with Crippen molar-refractivity contribution >= 4 is 0 Å². The molecule has 1 unspecified atom stereocenters.